The van der Waals surface area contributed by atoms with Crippen LogP contribution in [0.5, 0.6) is 0 Å². The number of nitriles is 1. The van der Waals surface area contributed by atoms with Crippen LogP contribution in [0.4, 0.5) is 0 Å². The fourth-order valence-electron chi connectivity index (χ4n) is 2.36. The molecule has 1 saturated carbocycles. The normalized spacial score (nSPS) is 22.9. The lowest BCUT2D eigenvalue weighted by Gasteiger charge is -2.27. The summed E-state index contributed by atoms with van der Waals surface area (Å²) in [4.78, 5) is 22.6. The molecular formula is C13H21N3O2. The van der Waals surface area contributed by atoms with Gasteiger partial charge in [-0.15, -0.1) is 0 Å². The number of nitrogens with zero attached hydrogens (tertiary/aromatic N) is 1. The molecule has 100 valence electrons. The molecule has 18 heavy (non-hydrogen) atoms. The van der Waals surface area contributed by atoms with Gasteiger partial charge in [0.25, 0.3) is 0 Å². The topological polar surface area (TPSA) is 82.0 Å². The number of hydrogen-bond acceptors (Lipinski definition) is 3. The Kier molecular flexibility index (Phi) is 6.20. The van der Waals surface area contributed by atoms with E-state index in [9.17, 15) is 9.59 Å². The SMILES string of the molecule is CCC1CCC(CNC(=O)C(=O)NCC#N)CC1. The van der Waals surface area contributed by atoms with Gasteiger partial charge in [-0.05, 0) is 24.7 Å². The molecule has 5 heteroatoms. The summed E-state index contributed by atoms with van der Waals surface area (Å²) in [6, 6.07) is 1.76. The molecule has 0 bridgehead atoms. The second-order valence-corrected chi connectivity index (χ2v) is 4.85. The van der Waals surface area contributed by atoms with E-state index in [4.69, 9.17) is 5.26 Å². The highest BCUT2D eigenvalue weighted by atomic mass is 16.2. The Morgan fingerprint density at radius 3 is 2.22 bits per heavy atom. The van der Waals surface area contributed by atoms with Crippen molar-refractivity contribution in [1.82, 2.24) is 10.6 Å². The van der Waals surface area contributed by atoms with E-state index in [0.717, 1.165) is 18.8 Å². The van der Waals surface area contributed by atoms with E-state index < -0.39 is 11.8 Å². The molecule has 2 amide bonds. The van der Waals surface area contributed by atoms with Crippen molar-refractivity contribution in [2.24, 2.45) is 11.8 Å². The third-order valence-electron chi connectivity index (χ3n) is 3.63. The van der Waals surface area contributed by atoms with E-state index >= 15 is 0 Å². The second kappa shape index (κ2) is 7.70. The van der Waals surface area contributed by atoms with Crippen molar-refractivity contribution in [1.29, 1.82) is 5.26 Å². The van der Waals surface area contributed by atoms with Crippen molar-refractivity contribution in [3.8, 4) is 6.07 Å². The largest absolute Gasteiger partial charge is 0.348 e. The zero-order valence-electron chi connectivity index (χ0n) is 10.9. The van der Waals surface area contributed by atoms with Crippen LogP contribution in [0.3, 0.4) is 0 Å². The Balaban J connectivity index is 2.19. The maximum atomic E-state index is 11.4. The van der Waals surface area contributed by atoms with Crippen molar-refractivity contribution >= 4 is 11.8 Å². The molecule has 0 aliphatic heterocycles. The highest BCUT2D eigenvalue weighted by Crippen LogP contribution is 2.29. The Morgan fingerprint density at radius 1 is 1.11 bits per heavy atom. The molecule has 0 aromatic heterocycles. The fourth-order valence-corrected chi connectivity index (χ4v) is 2.36. The molecule has 1 fully saturated rings. The van der Waals surface area contributed by atoms with Crippen LogP contribution in [0.2, 0.25) is 0 Å². The van der Waals surface area contributed by atoms with Gasteiger partial charge in [-0.2, -0.15) is 5.26 Å². The highest BCUT2D eigenvalue weighted by Gasteiger charge is 2.21. The van der Waals surface area contributed by atoms with E-state index in [1.165, 1.54) is 19.3 Å². The molecular weight excluding hydrogens is 230 g/mol. The van der Waals surface area contributed by atoms with Crippen LogP contribution in [0.25, 0.3) is 0 Å². The smallest absolute Gasteiger partial charge is 0.310 e. The minimum absolute atomic E-state index is 0.131. The standard InChI is InChI=1S/C13H21N3O2/c1-2-10-3-5-11(6-4-10)9-16-13(18)12(17)15-8-7-14/h10-11H,2-6,8-9H2,1H3,(H,15,17)(H,16,18). The van der Waals surface area contributed by atoms with E-state index in [2.05, 4.69) is 17.6 Å². The number of carbonyl (C=O) groups excluding carboxylic acids is 2. The zero-order valence-corrected chi connectivity index (χ0v) is 10.9. The molecule has 1 aliphatic carbocycles. The second-order valence-electron chi connectivity index (χ2n) is 4.85. The number of nitrogens with one attached hydrogen (secondary N) is 2. The van der Waals surface area contributed by atoms with Crippen molar-refractivity contribution in [3.05, 3.63) is 0 Å². The number of amides is 2. The lowest BCUT2D eigenvalue weighted by molar-refractivity contribution is -0.139. The summed E-state index contributed by atoms with van der Waals surface area (Å²) in [5.74, 6) is -0.0435. The summed E-state index contributed by atoms with van der Waals surface area (Å²) in [5.41, 5.74) is 0. The van der Waals surface area contributed by atoms with Crippen LogP contribution in [-0.4, -0.2) is 24.9 Å². The molecule has 0 atom stereocenters. The maximum Gasteiger partial charge on any atom is 0.310 e. The van der Waals surface area contributed by atoms with Gasteiger partial charge in [0.15, 0.2) is 0 Å². The van der Waals surface area contributed by atoms with Gasteiger partial charge >= 0.3 is 11.8 Å². The molecule has 0 aromatic carbocycles. The minimum atomic E-state index is -0.723. The van der Waals surface area contributed by atoms with Crippen LogP contribution in [-0.2, 0) is 9.59 Å². The molecule has 2 N–H and O–H groups in total. The predicted octanol–water partition coefficient (Wildman–Crippen LogP) is 0.959. The Bertz CT molecular complexity index is 328. The molecule has 5 nitrogen and oxygen atoms in total. The van der Waals surface area contributed by atoms with E-state index in [-0.39, 0.29) is 6.54 Å². The van der Waals surface area contributed by atoms with E-state index in [1.807, 2.05) is 0 Å². The van der Waals surface area contributed by atoms with Crippen molar-refractivity contribution in [2.75, 3.05) is 13.1 Å². The molecule has 0 unspecified atom stereocenters. The lowest BCUT2D eigenvalue weighted by atomic mass is 9.81. The highest BCUT2D eigenvalue weighted by molar-refractivity contribution is 6.35. The van der Waals surface area contributed by atoms with Gasteiger partial charge in [0.05, 0.1) is 6.07 Å². The third kappa shape index (κ3) is 4.74. The average Bonchev–Trinajstić information content (AvgIpc) is 2.42. The maximum absolute atomic E-state index is 11.4. The Labute approximate surface area is 108 Å². The van der Waals surface area contributed by atoms with Gasteiger partial charge in [-0.25, -0.2) is 0 Å². The van der Waals surface area contributed by atoms with Gasteiger partial charge < -0.3 is 10.6 Å². The van der Waals surface area contributed by atoms with Crippen molar-refractivity contribution in [3.63, 3.8) is 0 Å². The summed E-state index contributed by atoms with van der Waals surface area (Å²) in [5, 5.41) is 13.1. The van der Waals surface area contributed by atoms with Crippen LogP contribution < -0.4 is 10.6 Å². The average molecular weight is 251 g/mol. The van der Waals surface area contributed by atoms with Crippen molar-refractivity contribution in [2.45, 2.75) is 39.0 Å². The summed E-state index contributed by atoms with van der Waals surface area (Å²) in [7, 11) is 0. The first kappa shape index (κ1) is 14.5. The van der Waals surface area contributed by atoms with Gasteiger partial charge in [-0.1, -0.05) is 26.2 Å². The van der Waals surface area contributed by atoms with E-state index in [0.29, 0.717) is 12.5 Å². The van der Waals surface area contributed by atoms with Crippen LogP contribution >= 0.6 is 0 Å². The first-order chi connectivity index (χ1) is 8.67. The molecule has 0 heterocycles. The van der Waals surface area contributed by atoms with Crippen LogP contribution in [0.1, 0.15) is 39.0 Å². The fraction of sp³-hybridized carbons (Fsp3) is 0.769. The quantitative estimate of drug-likeness (QED) is 0.576. The summed E-state index contributed by atoms with van der Waals surface area (Å²) < 4.78 is 0. The monoisotopic (exact) mass is 251 g/mol. The lowest BCUT2D eigenvalue weighted by Crippen LogP contribution is -2.42. The van der Waals surface area contributed by atoms with E-state index in [1.54, 1.807) is 6.07 Å². The molecule has 0 spiro atoms. The summed E-state index contributed by atoms with van der Waals surface area (Å²) >= 11 is 0. The predicted molar refractivity (Wildman–Crippen MR) is 67.4 cm³/mol. The number of carbonyl (C=O) groups is 2. The van der Waals surface area contributed by atoms with Crippen LogP contribution in [0.15, 0.2) is 0 Å². The number of hydrogen-bond donors (Lipinski definition) is 2. The minimum Gasteiger partial charge on any atom is -0.348 e. The van der Waals surface area contributed by atoms with Gasteiger partial charge in [0, 0.05) is 6.54 Å². The first-order valence-corrected chi connectivity index (χ1v) is 6.60. The van der Waals surface area contributed by atoms with Crippen molar-refractivity contribution < 1.29 is 9.59 Å². The third-order valence-corrected chi connectivity index (χ3v) is 3.63. The Hall–Kier alpha value is -1.57. The molecule has 1 rings (SSSR count). The molecule has 1 aliphatic rings. The molecule has 0 saturated heterocycles. The van der Waals surface area contributed by atoms with Gasteiger partial charge in [-0.3, -0.25) is 9.59 Å². The summed E-state index contributed by atoms with van der Waals surface area (Å²) in [6.45, 7) is 2.65. The Morgan fingerprint density at radius 2 is 1.67 bits per heavy atom. The molecule has 0 radical (unpaired) electrons. The number of rotatable bonds is 4. The van der Waals surface area contributed by atoms with Gasteiger partial charge in [0.2, 0.25) is 0 Å². The molecule has 0 aromatic rings. The summed E-state index contributed by atoms with van der Waals surface area (Å²) in [6.07, 6.45) is 5.92. The van der Waals surface area contributed by atoms with Gasteiger partial charge in [0.1, 0.15) is 6.54 Å². The van der Waals surface area contributed by atoms with Crippen LogP contribution in [0, 0.1) is 23.2 Å². The first-order valence-electron chi connectivity index (χ1n) is 6.60. The zero-order chi connectivity index (χ0) is 13.4.